The van der Waals surface area contributed by atoms with Crippen LogP contribution in [0.25, 0.3) is 0 Å². The molecule has 1 N–H and O–H groups in total. The molecule has 1 rings (SSSR count). The van der Waals surface area contributed by atoms with Gasteiger partial charge in [-0.25, -0.2) is 18.8 Å². The molecule has 8 nitrogen and oxygen atoms in total. The molecule has 1 aromatic carbocycles. The first-order valence-corrected chi connectivity index (χ1v) is 9.40. The minimum atomic E-state index is -1.20. The van der Waals surface area contributed by atoms with E-state index in [1.54, 1.807) is 48.5 Å². The second-order valence-electron chi connectivity index (χ2n) is 8.69. The minimum absolute atomic E-state index is 0.0626. The number of esters is 1. The van der Waals surface area contributed by atoms with Gasteiger partial charge in [0, 0.05) is 12.0 Å². The van der Waals surface area contributed by atoms with E-state index in [4.69, 9.17) is 18.9 Å². The van der Waals surface area contributed by atoms with Gasteiger partial charge in [0.15, 0.2) is 0 Å². The van der Waals surface area contributed by atoms with Crippen molar-refractivity contribution < 1.29 is 37.7 Å². The summed E-state index contributed by atoms with van der Waals surface area (Å²) < 4.78 is 34.6. The van der Waals surface area contributed by atoms with E-state index in [1.165, 1.54) is 12.1 Å². The highest BCUT2D eigenvalue weighted by Crippen LogP contribution is 2.27. The van der Waals surface area contributed by atoms with E-state index < -0.39 is 47.2 Å². The van der Waals surface area contributed by atoms with Gasteiger partial charge in [-0.1, -0.05) is 13.0 Å². The topological polar surface area (TPSA) is 100 Å². The van der Waals surface area contributed by atoms with Crippen molar-refractivity contribution >= 4 is 18.2 Å². The van der Waals surface area contributed by atoms with E-state index in [0.717, 1.165) is 13.2 Å². The maximum atomic E-state index is 14.7. The molecule has 0 aliphatic rings. The quantitative estimate of drug-likeness (QED) is 0.424. The van der Waals surface area contributed by atoms with Gasteiger partial charge in [0.2, 0.25) is 0 Å². The molecule has 1 aromatic rings. The predicted molar refractivity (Wildman–Crippen MR) is 107 cm³/mol. The van der Waals surface area contributed by atoms with Crippen molar-refractivity contribution in [2.45, 2.75) is 71.6 Å². The lowest BCUT2D eigenvalue weighted by Crippen LogP contribution is -2.46. The van der Waals surface area contributed by atoms with Crippen LogP contribution < -0.4 is 10.1 Å². The standard InChI is InChI=1S/C21H30FNO7/c1-12(16(17(24)27-8)23-18(25)29-20(2,3)4)14-10-9-13(11-15(14)22)28-19(26)30-21(5,6)7/h9-12,16H,1-8H3,(H,23,25)/t12-,16-/m0/s1. The molecule has 1 amide bonds. The Balaban J connectivity index is 3.02. The molecule has 0 heterocycles. The molecule has 0 saturated heterocycles. The van der Waals surface area contributed by atoms with Gasteiger partial charge in [0.05, 0.1) is 7.11 Å². The highest BCUT2D eigenvalue weighted by Gasteiger charge is 2.32. The molecule has 0 spiro atoms. The first-order chi connectivity index (χ1) is 13.6. The van der Waals surface area contributed by atoms with Crippen molar-refractivity contribution in [1.29, 1.82) is 0 Å². The van der Waals surface area contributed by atoms with Crippen molar-refractivity contribution in [2.75, 3.05) is 7.11 Å². The molecule has 0 aliphatic heterocycles. The number of alkyl carbamates (subject to hydrolysis) is 1. The molecule has 0 aromatic heterocycles. The molecule has 0 radical (unpaired) electrons. The molecule has 9 heteroatoms. The fourth-order valence-corrected chi connectivity index (χ4v) is 2.44. The number of carbonyl (C=O) groups is 3. The smallest absolute Gasteiger partial charge is 0.467 e. The number of nitrogens with one attached hydrogen (secondary N) is 1. The predicted octanol–water partition coefficient (Wildman–Crippen LogP) is 4.31. The monoisotopic (exact) mass is 427 g/mol. The van der Waals surface area contributed by atoms with Crippen LogP contribution in [0.3, 0.4) is 0 Å². The van der Waals surface area contributed by atoms with Crippen molar-refractivity contribution in [3.63, 3.8) is 0 Å². The Morgan fingerprint density at radius 1 is 1.00 bits per heavy atom. The summed E-state index contributed by atoms with van der Waals surface area (Å²) in [6.07, 6.45) is -1.81. The first kappa shape index (κ1) is 25.2. The lowest BCUT2D eigenvalue weighted by Gasteiger charge is -2.26. The van der Waals surface area contributed by atoms with Gasteiger partial charge < -0.3 is 24.3 Å². The molecule has 2 atom stereocenters. The first-order valence-electron chi connectivity index (χ1n) is 9.40. The summed E-state index contributed by atoms with van der Waals surface area (Å²) in [5.41, 5.74) is -1.43. The van der Waals surface area contributed by atoms with E-state index >= 15 is 0 Å². The molecule has 0 aliphatic carbocycles. The van der Waals surface area contributed by atoms with Gasteiger partial charge >= 0.3 is 18.2 Å². The summed E-state index contributed by atoms with van der Waals surface area (Å²) in [7, 11) is 1.16. The van der Waals surface area contributed by atoms with Crippen LogP contribution in [0.1, 0.15) is 59.9 Å². The Kier molecular flexibility index (Phi) is 8.21. The van der Waals surface area contributed by atoms with Crippen molar-refractivity contribution in [2.24, 2.45) is 0 Å². The number of hydrogen-bond donors (Lipinski definition) is 1. The van der Waals surface area contributed by atoms with Crippen LogP contribution in [0.2, 0.25) is 0 Å². The van der Waals surface area contributed by atoms with Crippen LogP contribution in [-0.4, -0.2) is 42.6 Å². The van der Waals surface area contributed by atoms with E-state index in [-0.39, 0.29) is 11.3 Å². The van der Waals surface area contributed by atoms with Crippen molar-refractivity contribution in [3.05, 3.63) is 29.6 Å². The summed E-state index contributed by atoms with van der Waals surface area (Å²) in [5.74, 6) is -2.36. The molecule has 0 saturated carbocycles. The van der Waals surface area contributed by atoms with Gasteiger partial charge in [-0.2, -0.15) is 0 Å². The number of ether oxygens (including phenoxy) is 4. The van der Waals surface area contributed by atoms with Gasteiger partial charge in [-0.15, -0.1) is 0 Å². The van der Waals surface area contributed by atoms with E-state index in [9.17, 15) is 18.8 Å². The van der Waals surface area contributed by atoms with Crippen molar-refractivity contribution in [3.8, 4) is 5.75 Å². The number of methoxy groups -OCH3 is 1. The largest absolute Gasteiger partial charge is 0.514 e. The highest BCUT2D eigenvalue weighted by atomic mass is 19.1. The Labute approximate surface area is 176 Å². The fraction of sp³-hybridized carbons (Fsp3) is 0.571. The average molecular weight is 427 g/mol. The third-order valence-electron chi connectivity index (χ3n) is 3.68. The molecule has 0 unspecified atom stereocenters. The summed E-state index contributed by atoms with van der Waals surface area (Å²) in [6.45, 7) is 11.6. The normalized spacial score (nSPS) is 13.6. The molecular formula is C21H30FNO7. The van der Waals surface area contributed by atoms with Gasteiger partial charge in [-0.05, 0) is 53.2 Å². The number of carbonyl (C=O) groups excluding carboxylic acids is 3. The summed E-state index contributed by atoms with van der Waals surface area (Å²) in [6, 6.07) is 2.52. The SMILES string of the molecule is COC(=O)[C@@H](NC(=O)OC(C)(C)C)[C@@H](C)c1ccc(OC(=O)OC(C)(C)C)cc1F. The number of amides is 1. The van der Waals surface area contributed by atoms with E-state index in [0.29, 0.717) is 0 Å². The summed E-state index contributed by atoms with van der Waals surface area (Å²) in [5, 5.41) is 2.41. The Morgan fingerprint density at radius 2 is 1.57 bits per heavy atom. The third kappa shape index (κ3) is 8.26. The lowest BCUT2D eigenvalue weighted by molar-refractivity contribution is -0.143. The number of rotatable bonds is 5. The maximum Gasteiger partial charge on any atom is 0.514 e. The van der Waals surface area contributed by atoms with Crippen LogP contribution in [0, 0.1) is 5.82 Å². The molecule has 30 heavy (non-hydrogen) atoms. The summed E-state index contributed by atoms with van der Waals surface area (Å²) in [4.78, 5) is 36.0. The van der Waals surface area contributed by atoms with Crippen LogP contribution >= 0.6 is 0 Å². The van der Waals surface area contributed by atoms with Crippen LogP contribution in [-0.2, 0) is 19.0 Å². The second kappa shape index (κ2) is 9.77. The zero-order valence-corrected chi connectivity index (χ0v) is 18.6. The zero-order chi connectivity index (χ0) is 23.3. The minimum Gasteiger partial charge on any atom is -0.467 e. The molecule has 0 fully saturated rings. The highest BCUT2D eigenvalue weighted by molar-refractivity contribution is 5.82. The van der Waals surface area contributed by atoms with Gasteiger partial charge in [-0.3, -0.25) is 0 Å². The second-order valence-corrected chi connectivity index (χ2v) is 8.69. The lowest BCUT2D eigenvalue weighted by atomic mass is 9.92. The van der Waals surface area contributed by atoms with Crippen molar-refractivity contribution in [1.82, 2.24) is 5.32 Å². The molecule has 0 bridgehead atoms. The van der Waals surface area contributed by atoms with Gasteiger partial charge in [0.1, 0.15) is 28.8 Å². The molecular weight excluding hydrogens is 397 g/mol. The third-order valence-corrected chi connectivity index (χ3v) is 3.68. The maximum absolute atomic E-state index is 14.7. The Hall–Kier alpha value is -2.84. The van der Waals surface area contributed by atoms with Gasteiger partial charge in [0.25, 0.3) is 0 Å². The number of halogens is 1. The fourth-order valence-electron chi connectivity index (χ4n) is 2.44. The Bertz CT molecular complexity index is 781. The average Bonchev–Trinajstić information content (AvgIpc) is 2.55. The molecule has 168 valence electrons. The number of hydrogen-bond acceptors (Lipinski definition) is 7. The van der Waals surface area contributed by atoms with Crippen LogP contribution in [0.5, 0.6) is 5.75 Å². The Morgan fingerprint density at radius 3 is 2.03 bits per heavy atom. The van der Waals surface area contributed by atoms with E-state index in [1.807, 2.05) is 0 Å². The van der Waals surface area contributed by atoms with E-state index in [2.05, 4.69) is 5.32 Å². The summed E-state index contributed by atoms with van der Waals surface area (Å²) >= 11 is 0. The number of benzene rings is 1. The van der Waals surface area contributed by atoms with Crippen LogP contribution in [0.4, 0.5) is 14.0 Å². The van der Waals surface area contributed by atoms with Crippen LogP contribution in [0.15, 0.2) is 18.2 Å². The zero-order valence-electron chi connectivity index (χ0n) is 18.6.